The molecule has 188 valence electrons. The van der Waals surface area contributed by atoms with Crippen molar-refractivity contribution in [3.63, 3.8) is 0 Å². The Balaban J connectivity index is 1.59. The lowest BCUT2D eigenvalue weighted by Crippen LogP contribution is -2.48. The number of alkyl halides is 3. The number of halogens is 3. The SMILES string of the molecule is O=C(Nc1nc(-c2sc(CO)nc2CO)cs1)[C@@H]1C[C@@H](c2ccccc2)CN1S(=O)(=O)C(F)(F)F. The molecule has 1 aliphatic heterocycles. The predicted molar refractivity (Wildman–Crippen MR) is 123 cm³/mol. The maximum absolute atomic E-state index is 13.4. The molecular weight excluding hydrogens is 529 g/mol. The third kappa shape index (κ3) is 5.10. The number of benzene rings is 1. The Morgan fingerprint density at radius 1 is 1.17 bits per heavy atom. The Hall–Kier alpha value is -2.43. The smallest absolute Gasteiger partial charge is 0.390 e. The summed E-state index contributed by atoms with van der Waals surface area (Å²) < 4.78 is 64.8. The number of hydrogen-bond donors (Lipinski definition) is 3. The maximum Gasteiger partial charge on any atom is 0.511 e. The van der Waals surface area contributed by atoms with Gasteiger partial charge >= 0.3 is 15.5 Å². The highest BCUT2D eigenvalue weighted by molar-refractivity contribution is 7.90. The van der Waals surface area contributed by atoms with Crippen LogP contribution in [-0.4, -0.2) is 56.9 Å². The molecule has 0 spiro atoms. The molecule has 9 nitrogen and oxygen atoms in total. The molecule has 3 N–H and O–H groups in total. The molecule has 0 saturated carbocycles. The monoisotopic (exact) mass is 548 g/mol. The van der Waals surface area contributed by atoms with E-state index in [9.17, 15) is 36.6 Å². The molecule has 15 heteroatoms. The summed E-state index contributed by atoms with van der Waals surface area (Å²) in [6.07, 6.45) is -0.132. The fourth-order valence-corrected chi connectivity index (χ4v) is 6.64. The molecule has 2 aromatic heterocycles. The van der Waals surface area contributed by atoms with Crippen LogP contribution in [0.5, 0.6) is 0 Å². The number of aromatic nitrogens is 2. The van der Waals surface area contributed by atoms with Crippen molar-refractivity contribution in [2.24, 2.45) is 0 Å². The Morgan fingerprint density at radius 2 is 1.89 bits per heavy atom. The van der Waals surface area contributed by atoms with Gasteiger partial charge in [-0.2, -0.15) is 17.5 Å². The van der Waals surface area contributed by atoms with Crippen molar-refractivity contribution in [1.29, 1.82) is 0 Å². The van der Waals surface area contributed by atoms with Gasteiger partial charge in [0.1, 0.15) is 11.0 Å². The van der Waals surface area contributed by atoms with Crippen molar-refractivity contribution in [1.82, 2.24) is 14.3 Å². The van der Waals surface area contributed by atoms with Crippen LogP contribution in [-0.2, 0) is 28.0 Å². The van der Waals surface area contributed by atoms with Gasteiger partial charge in [0.05, 0.1) is 29.5 Å². The van der Waals surface area contributed by atoms with Crippen molar-refractivity contribution in [3.05, 3.63) is 52.0 Å². The van der Waals surface area contributed by atoms with Crippen molar-refractivity contribution in [3.8, 4) is 10.6 Å². The van der Waals surface area contributed by atoms with E-state index >= 15 is 0 Å². The number of carbonyl (C=O) groups excluding carboxylic acids is 1. The first-order valence-corrected chi connectivity index (χ1v) is 13.3. The summed E-state index contributed by atoms with van der Waals surface area (Å²) in [7, 11) is -5.75. The minimum absolute atomic E-state index is 0.0420. The average molecular weight is 549 g/mol. The molecule has 0 aliphatic carbocycles. The van der Waals surface area contributed by atoms with E-state index < -0.39 is 46.6 Å². The number of amides is 1. The van der Waals surface area contributed by atoms with Crippen molar-refractivity contribution < 1.29 is 36.6 Å². The first kappa shape index (κ1) is 25.7. The summed E-state index contributed by atoms with van der Waals surface area (Å²) in [6.45, 7) is -1.23. The van der Waals surface area contributed by atoms with Gasteiger partial charge in [-0.05, 0) is 17.9 Å². The first-order valence-electron chi connectivity index (χ1n) is 10.1. The van der Waals surface area contributed by atoms with Crippen LogP contribution in [0.3, 0.4) is 0 Å². The lowest BCUT2D eigenvalue weighted by Gasteiger charge is -2.23. The quantitative estimate of drug-likeness (QED) is 0.414. The van der Waals surface area contributed by atoms with E-state index in [1.807, 2.05) is 0 Å². The summed E-state index contributed by atoms with van der Waals surface area (Å²) in [5.41, 5.74) is -4.29. The second-order valence-corrected chi connectivity index (χ2v) is 11.4. The zero-order valence-electron chi connectivity index (χ0n) is 17.8. The van der Waals surface area contributed by atoms with Crippen molar-refractivity contribution in [2.45, 2.75) is 37.1 Å². The van der Waals surface area contributed by atoms with E-state index in [1.165, 1.54) is 0 Å². The molecule has 3 aromatic rings. The highest BCUT2D eigenvalue weighted by Crippen LogP contribution is 2.39. The van der Waals surface area contributed by atoms with Gasteiger partial charge < -0.3 is 15.5 Å². The minimum Gasteiger partial charge on any atom is -0.390 e. The Kier molecular flexibility index (Phi) is 7.26. The van der Waals surface area contributed by atoms with Crippen LogP contribution < -0.4 is 5.32 Å². The molecule has 0 unspecified atom stereocenters. The van der Waals surface area contributed by atoms with Gasteiger partial charge in [-0.1, -0.05) is 30.3 Å². The number of thiazole rings is 2. The van der Waals surface area contributed by atoms with Gasteiger partial charge in [-0.15, -0.1) is 22.7 Å². The lowest BCUT2D eigenvalue weighted by atomic mass is 9.96. The van der Waals surface area contributed by atoms with Crippen LogP contribution in [0.1, 0.15) is 28.6 Å². The third-order valence-corrected chi connectivity index (χ3v) is 8.89. The van der Waals surface area contributed by atoms with E-state index in [0.717, 1.165) is 22.7 Å². The average Bonchev–Trinajstić information content (AvgIpc) is 3.56. The standard InChI is InChI=1S/C20H19F3N4O5S3/c21-20(22,23)35(31,32)27-7-12(11-4-2-1-3-5-11)6-15(27)18(30)26-19-25-14(10-33-19)17-13(8-28)24-16(9-29)34-17/h1-5,10,12,15,28-29H,6-9H2,(H,25,26,30)/t12-,15+/m1/s1. The zero-order chi connectivity index (χ0) is 25.4. The van der Waals surface area contributed by atoms with E-state index in [1.54, 1.807) is 35.7 Å². The molecule has 1 aromatic carbocycles. The summed E-state index contributed by atoms with van der Waals surface area (Å²) >= 11 is 2.08. The second kappa shape index (κ2) is 9.91. The van der Waals surface area contributed by atoms with Gasteiger partial charge in [0.25, 0.3) is 0 Å². The van der Waals surface area contributed by atoms with E-state index in [4.69, 9.17) is 0 Å². The van der Waals surface area contributed by atoms with Gasteiger partial charge in [-0.3, -0.25) is 4.79 Å². The Morgan fingerprint density at radius 3 is 2.51 bits per heavy atom. The maximum atomic E-state index is 13.4. The summed E-state index contributed by atoms with van der Waals surface area (Å²) in [6, 6.07) is 6.85. The fourth-order valence-electron chi connectivity index (χ4n) is 3.81. The number of nitrogens with one attached hydrogen (secondary N) is 1. The number of rotatable bonds is 7. The van der Waals surface area contributed by atoms with Crippen LogP contribution in [0, 0.1) is 0 Å². The number of sulfonamides is 1. The summed E-state index contributed by atoms with van der Waals surface area (Å²) in [5, 5.41) is 23.1. The molecule has 2 atom stereocenters. The first-order chi connectivity index (χ1) is 16.5. The molecule has 1 saturated heterocycles. The Labute approximate surface area is 205 Å². The van der Waals surface area contributed by atoms with Crippen LogP contribution >= 0.6 is 22.7 Å². The number of aliphatic hydroxyl groups excluding tert-OH is 2. The topological polar surface area (TPSA) is 133 Å². The van der Waals surface area contributed by atoms with E-state index in [2.05, 4.69) is 15.3 Å². The molecule has 1 fully saturated rings. The van der Waals surface area contributed by atoms with E-state index in [-0.39, 0.29) is 28.2 Å². The zero-order valence-corrected chi connectivity index (χ0v) is 20.2. The number of nitrogens with zero attached hydrogens (tertiary/aromatic N) is 3. The second-order valence-electron chi connectivity index (χ2n) is 7.61. The predicted octanol–water partition coefficient (Wildman–Crippen LogP) is 2.90. The highest BCUT2D eigenvalue weighted by Gasteiger charge is 2.56. The van der Waals surface area contributed by atoms with Crippen LogP contribution in [0.15, 0.2) is 35.7 Å². The molecule has 4 rings (SSSR count). The van der Waals surface area contributed by atoms with E-state index in [0.29, 0.717) is 21.1 Å². The fraction of sp³-hybridized carbons (Fsp3) is 0.350. The van der Waals surface area contributed by atoms with Gasteiger partial charge in [0.2, 0.25) is 5.91 Å². The van der Waals surface area contributed by atoms with Crippen LogP contribution in [0.4, 0.5) is 18.3 Å². The molecule has 0 bridgehead atoms. The normalized spacial score (nSPS) is 19.2. The summed E-state index contributed by atoms with van der Waals surface area (Å²) in [4.78, 5) is 21.8. The van der Waals surface area contributed by atoms with Crippen LogP contribution in [0.25, 0.3) is 10.6 Å². The molecule has 3 heterocycles. The van der Waals surface area contributed by atoms with Crippen molar-refractivity contribution >= 4 is 43.7 Å². The van der Waals surface area contributed by atoms with Crippen molar-refractivity contribution in [2.75, 3.05) is 11.9 Å². The molecule has 1 amide bonds. The van der Waals surface area contributed by atoms with Gasteiger partial charge in [-0.25, -0.2) is 18.4 Å². The highest BCUT2D eigenvalue weighted by atomic mass is 32.2. The number of hydrogen-bond acceptors (Lipinski definition) is 9. The largest absolute Gasteiger partial charge is 0.511 e. The number of aliphatic hydroxyl groups is 2. The summed E-state index contributed by atoms with van der Waals surface area (Å²) in [5.74, 6) is -1.53. The van der Waals surface area contributed by atoms with Crippen LogP contribution in [0.2, 0.25) is 0 Å². The number of carbonyl (C=O) groups is 1. The lowest BCUT2D eigenvalue weighted by molar-refractivity contribution is -0.119. The van der Waals surface area contributed by atoms with Gasteiger partial charge in [0, 0.05) is 11.9 Å². The van der Waals surface area contributed by atoms with Gasteiger partial charge in [0.15, 0.2) is 5.13 Å². The molecular formula is C20H19F3N4O5S3. The number of anilines is 1. The molecule has 35 heavy (non-hydrogen) atoms. The third-order valence-electron chi connectivity index (χ3n) is 5.42. The molecule has 0 radical (unpaired) electrons. The Bertz CT molecular complexity index is 1310. The minimum atomic E-state index is -5.75. The molecule has 1 aliphatic rings.